The van der Waals surface area contributed by atoms with Crippen molar-refractivity contribution in [2.45, 2.75) is 13.5 Å². The van der Waals surface area contributed by atoms with Crippen LogP contribution in [0, 0.1) is 0 Å². The van der Waals surface area contributed by atoms with Gasteiger partial charge in [0.05, 0.1) is 0 Å². The molecule has 0 radical (unpaired) electrons. The Balaban J connectivity index is 0.000000293. The molecule has 0 unspecified atom stereocenters. The second-order valence-electron chi connectivity index (χ2n) is 2.77. The van der Waals surface area contributed by atoms with Gasteiger partial charge < -0.3 is 0 Å². The van der Waals surface area contributed by atoms with E-state index < -0.39 is 7.81 Å². The molecule has 1 heterocycles. The van der Waals surface area contributed by atoms with Crippen LogP contribution < -0.4 is 4.57 Å². The molecule has 1 nitrogen and oxygen atoms in total. The Morgan fingerprint density at radius 3 is 1.81 bits per heavy atom. The van der Waals surface area contributed by atoms with E-state index in [0.717, 1.165) is 11.1 Å². The van der Waals surface area contributed by atoms with Crippen molar-refractivity contribution in [2.75, 3.05) is 0 Å². The van der Waals surface area contributed by atoms with Crippen LogP contribution >= 0.6 is 23.7 Å². The predicted octanol–water partition coefficient (Wildman–Crippen LogP) is 5.14. The summed E-state index contributed by atoms with van der Waals surface area (Å²) in [4.78, 5) is 0. The average molecular weight is 332 g/mol. The first kappa shape index (κ1) is 15.6. The molecule has 0 atom stereocenters. The van der Waals surface area contributed by atoms with Crippen LogP contribution in [0.1, 0.15) is 6.92 Å². The van der Waals surface area contributed by atoms with Crippen LogP contribution in [0.25, 0.3) is 0 Å². The van der Waals surface area contributed by atoms with Gasteiger partial charge in [-0.15, -0.1) is 0 Å². The monoisotopic (exact) mass is 331 g/mol. The number of rotatable bonds is 1. The fourth-order valence-electron chi connectivity index (χ4n) is 0.712. The van der Waals surface area contributed by atoms with Gasteiger partial charge in [0, 0.05) is 28.1 Å². The topological polar surface area (TPSA) is 3.88 Å². The van der Waals surface area contributed by atoms with Gasteiger partial charge in [0.25, 0.3) is 0 Å². The van der Waals surface area contributed by atoms with Crippen LogP contribution in [0.15, 0.2) is 29.0 Å². The van der Waals surface area contributed by atoms with E-state index >= 15 is 0 Å². The fourth-order valence-corrected chi connectivity index (χ4v) is 1.23. The van der Waals surface area contributed by atoms with Crippen molar-refractivity contribution in [3.05, 3.63) is 29.0 Å². The van der Waals surface area contributed by atoms with E-state index in [1.807, 2.05) is 24.4 Å². The first-order valence-electron chi connectivity index (χ1n) is 4.00. The van der Waals surface area contributed by atoms with Crippen LogP contribution in [0.4, 0.5) is 25.2 Å². The van der Waals surface area contributed by atoms with Crippen LogP contribution in [-0.4, -0.2) is 0 Å². The minimum atomic E-state index is -10.7. The van der Waals surface area contributed by atoms with Gasteiger partial charge >= 0.3 is 33.0 Å². The zero-order valence-corrected chi connectivity index (χ0v) is 10.5. The van der Waals surface area contributed by atoms with Crippen molar-refractivity contribution in [2.24, 2.45) is 0 Å². The van der Waals surface area contributed by atoms with E-state index in [0.29, 0.717) is 0 Å². The summed E-state index contributed by atoms with van der Waals surface area (Å²) in [6.07, 6.45) is 2.05. The first-order valence-corrected chi connectivity index (χ1v) is 6.82. The molecular formula is C7H9BrF6NP. The van der Waals surface area contributed by atoms with Crippen molar-refractivity contribution in [1.29, 1.82) is 0 Å². The third kappa shape index (κ3) is 13.6. The maximum absolute atomic E-state index is 10.7. The molecule has 0 aliphatic rings. The van der Waals surface area contributed by atoms with E-state index in [9.17, 15) is 25.2 Å². The molecule has 0 aromatic carbocycles. The van der Waals surface area contributed by atoms with Crippen molar-refractivity contribution in [3.8, 4) is 0 Å². The van der Waals surface area contributed by atoms with Crippen molar-refractivity contribution >= 4 is 23.7 Å². The zero-order chi connectivity index (χ0) is 13.1. The zero-order valence-electron chi connectivity index (χ0n) is 8.06. The fraction of sp³-hybridized carbons (Fsp3) is 0.286. The summed E-state index contributed by atoms with van der Waals surface area (Å²) >= 11 is 3.42. The Kier molecular flexibility index (Phi) is 4.05. The molecule has 0 bridgehead atoms. The van der Waals surface area contributed by atoms with E-state index in [1.54, 1.807) is 0 Å². The second kappa shape index (κ2) is 4.14. The molecule has 1 rings (SSSR count). The third-order valence-corrected chi connectivity index (χ3v) is 1.95. The van der Waals surface area contributed by atoms with E-state index in [4.69, 9.17) is 0 Å². The standard InChI is InChI=1S/C7H9BrN.F6P/c1-2-9-6-4-3-5-7(9)8;1-7(2,3,4,5)6/h3-6H,2H2,1H3;/q+1;-1. The summed E-state index contributed by atoms with van der Waals surface area (Å²) in [7, 11) is -10.7. The molecule has 0 spiro atoms. The van der Waals surface area contributed by atoms with Gasteiger partial charge in [0.1, 0.15) is 6.54 Å². The van der Waals surface area contributed by atoms with Crippen LogP contribution in [0.3, 0.4) is 0 Å². The van der Waals surface area contributed by atoms with Crippen molar-refractivity contribution in [1.82, 2.24) is 0 Å². The molecular weight excluding hydrogens is 323 g/mol. The van der Waals surface area contributed by atoms with Crippen LogP contribution in [0.2, 0.25) is 0 Å². The number of hydrogen-bond donors (Lipinski definition) is 0. The molecule has 0 aliphatic carbocycles. The third-order valence-electron chi connectivity index (χ3n) is 1.23. The van der Waals surface area contributed by atoms with Gasteiger partial charge in [-0.3, -0.25) is 0 Å². The number of nitrogens with zero attached hydrogens (tertiary/aromatic N) is 1. The Morgan fingerprint density at radius 1 is 1.12 bits per heavy atom. The van der Waals surface area contributed by atoms with Crippen molar-refractivity contribution in [3.63, 3.8) is 0 Å². The van der Waals surface area contributed by atoms with Gasteiger partial charge in [-0.05, 0) is 13.0 Å². The summed E-state index contributed by atoms with van der Waals surface area (Å²) in [5.74, 6) is 0. The Bertz CT molecular complexity index is 350. The predicted molar refractivity (Wildman–Crippen MR) is 53.6 cm³/mol. The first-order chi connectivity index (χ1) is 6.79. The SMILES string of the molecule is CC[n+]1ccccc1Br.F[P-](F)(F)(F)(F)F. The molecule has 9 heteroatoms. The number of aryl methyl sites for hydroxylation is 1. The molecule has 1 aromatic heterocycles. The molecule has 0 aliphatic heterocycles. The Morgan fingerprint density at radius 2 is 1.56 bits per heavy atom. The summed E-state index contributed by atoms with van der Waals surface area (Å²) in [5, 5.41) is 0. The van der Waals surface area contributed by atoms with Gasteiger partial charge in [-0.2, -0.15) is 4.57 Å². The Hall–Kier alpha value is -0.360. The number of halogens is 7. The van der Waals surface area contributed by atoms with Crippen molar-refractivity contribution < 1.29 is 29.7 Å². The van der Waals surface area contributed by atoms with Gasteiger partial charge in [-0.25, -0.2) is 0 Å². The quantitative estimate of drug-likeness (QED) is 0.290. The molecule has 0 amide bonds. The second-order valence-corrected chi connectivity index (χ2v) is 5.50. The van der Waals surface area contributed by atoms with E-state index in [1.165, 1.54) is 0 Å². The molecule has 0 fully saturated rings. The summed E-state index contributed by atoms with van der Waals surface area (Å²) in [6.45, 7) is 3.13. The molecule has 96 valence electrons. The van der Waals surface area contributed by atoms with Crippen LogP contribution in [0.5, 0.6) is 0 Å². The van der Waals surface area contributed by atoms with E-state index in [-0.39, 0.29) is 0 Å². The molecule has 16 heavy (non-hydrogen) atoms. The van der Waals surface area contributed by atoms with Gasteiger partial charge in [0.2, 0.25) is 4.60 Å². The summed E-state index contributed by atoms with van der Waals surface area (Å²) in [6, 6.07) is 6.06. The molecule has 0 N–H and O–H groups in total. The number of hydrogen-bond acceptors (Lipinski definition) is 0. The Labute approximate surface area is 96.4 Å². The van der Waals surface area contributed by atoms with Gasteiger partial charge in [-0.1, -0.05) is 0 Å². The summed E-state index contributed by atoms with van der Waals surface area (Å²) in [5.41, 5.74) is 0. The average Bonchev–Trinajstić information content (AvgIpc) is 1.99. The molecule has 0 saturated carbocycles. The van der Waals surface area contributed by atoms with Crippen LogP contribution in [-0.2, 0) is 6.54 Å². The molecule has 0 saturated heterocycles. The van der Waals surface area contributed by atoms with Gasteiger partial charge in [0.15, 0.2) is 6.20 Å². The van der Waals surface area contributed by atoms with E-state index in [2.05, 4.69) is 27.4 Å². The molecule has 1 aromatic rings. The minimum absolute atomic E-state index is 1.02. The maximum atomic E-state index is 9.87. The number of pyridine rings is 1. The summed E-state index contributed by atoms with van der Waals surface area (Å²) < 4.78 is 62.5. The normalized spacial score (nSPS) is 15.5. The number of aromatic nitrogens is 1.